The summed E-state index contributed by atoms with van der Waals surface area (Å²) in [5, 5.41) is 16.0. The van der Waals surface area contributed by atoms with Crippen LogP contribution in [0.1, 0.15) is 15.9 Å². The van der Waals surface area contributed by atoms with Crippen molar-refractivity contribution >= 4 is 11.6 Å². The highest BCUT2D eigenvalue weighted by molar-refractivity contribution is 5.94. The van der Waals surface area contributed by atoms with Gasteiger partial charge in [0.1, 0.15) is 0 Å². The molecular weight excluding hydrogens is 264 g/mol. The maximum atomic E-state index is 11.7. The van der Waals surface area contributed by atoms with E-state index in [2.05, 4.69) is 10.2 Å². The minimum atomic E-state index is -0.938. The molecule has 1 heterocycles. The summed E-state index contributed by atoms with van der Waals surface area (Å²) >= 11 is 0. The highest BCUT2D eigenvalue weighted by Crippen LogP contribution is 2.16. The second-order valence-electron chi connectivity index (χ2n) is 3.98. The van der Waals surface area contributed by atoms with Gasteiger partial charge in [-0.3, -0.25) is 19.6 Å². The predicted octanol–water partition coefficient (Wildman–Crippen LogP) is 1.00. The molecule has 0 fully saturated rings. The van der Waals surface area contributed by atoms with Crippen LogP contribution in [0.3, 0.4) is 0 Å². The van der Waals surface area contributed by atoms with Gasteiger partial charge in [0, 0.05) is 5.56 Å². The Morgan fingerprint density at radius 1 is 1.15 bits per heavy atom. The minimum absolute atomic E-state index is 0.291. The molecule has 0 bridgehead atoms. The summed E-state index contributed by atoms with van der Waals surface area (Å²) in [6, 6.07) is 6.58. The van der Waals surface area contributed by atoms with Crippen molar-refractivity contribution in [2.75, 3.05) is 0 Å². The van der Waals surface area contributed by atoms with Gasteiger partial charge in [-0.15, -0.1) is 10.2 Å². The topological polar surface area (TPSA) is 128 Å². The first kappa shape index (κ1) is 13.4. The Bertz CT molecular complexity index is 786. The first-order valence-electron chi connectivity index (χ1n) is 5.55. The summed E-state index contributed by atoms with van der Waals surface area (Å²) in [7, 11) is 0. The Morgan fingerprint density at radius 3 is 2.40 bits per heavy atom. The number of nitrogens with zero attached hydrogens (tertiary/aromatic N) is 2. The number of hydrogen-bond donors (Lipinski definition) is 3. The number of H-pyrrole nitrogens is 2. The van der Waals surface area contributed by atoms with Crippen LogP contribution in [0.15, 0.2) is 44.1 Å². The molecule has 0 spiro atoms. The number of azo groups is 1. The van der Waals surface area contributed by atoms with Crippen molar-refractivity contribution < 1.29 is 9.90 Å². The van der Waals surface area contributed by atoms with Crippen LogP contribution in [0, 0.1) is 6.92 Å². The number of amides is 1. The molecule has 0 aliphatic heterocycles. The van der Waals surface area contributed by atoms with Gasteiger partial charge < -0.3 is 5.11 Å². The van der Waals surface area contributed by atoms with Gasteiger partial charge in [0.05, 0.1) is 0 Å². The Hall–Kier alpha value is -3.03. The van der Waals surface area contributed by atoms with Crippen LogP contribution in [-0.4, -0.2) is 21.0 Å². The number of rotatable bonds is 2. The van der Waals surface area contributed by atoms with Crippen LogP contribution in [0.5, 0.6) is 5.88 Å². The van der Waals surface area contributed by atoms with Gasteiger partial charge in [-0.1, -0.05) is 17.7 Å². The molecular formula is C12H10N4O4. The van der Waals surface area contributed by atoms with E-state index in [-0.39, 0.29) is 0 Å². The van der Waals surface area contributed by atoms with Crippen molar-refractivity contribution in [2.24, 2.45) is 10.2 Å². The van der Waals surface area contributed by atoms with Gasteiger partial charge in [0.2, 0.25) is 11.6 Å². The second kappa shape index (κ2) is 5.31. The average Bonchev–Trinajstić information content (AvgIpc) is 2.38. The molecule has 0 saturated heterocycles. The predicted molar refractivity (Wildman–Crippen MR) is 69.4 cm³/mol. The number of carbonyl (C=O) groups excluding carboxylic acids is 1. The molecule has 102 valence electrons. The van der Waals surface area contributed by atoms with Crippen LogP contribution in [0.25, 0.3) is 0 Å². The molecule has 2 rings (SSSR count). The Morgan fingerprint density at radius 2 is 1.80 bits per heavy atom. The molecule has 0 atom stereocenters. The summed E-state index contributed by atoms with van der Waals surface area (Å²) in [5.74, 6) is -1.42. The van der Waals surface area contributed by atoms with E-state index in [1.165, 1.54) is 0 Å². The van der Waals surface area contributed by atoms with Crippen LogP contribution in [0.2, 0.25) is 0 Å². The maximum Gasteiger partial charge on any atom is 0.328 e. The molecule has 0 saturated carbocycles. The van der Waals surface area contributed by atoms with E-state index in [9.17, 15) is 19.5 Å². The molecule has 0 radical (unpaired) electrons. The molecule has 1 aromatic carbocycles. The van der Waals surface area contributed by atoms with Crippen LogP contribution in [0.4, 0.5) is 5.69 Å². The zero-order valence-electron chi connectivity index (χ0n) is 10.4. The summed E-state index contributed by atoms with van der Waals surface area (Å²) < 4.78 is 0. The number of aryl methyl sites for hydroxylation is 1. The fourth-order valence-corrected chi connectivity index (χ4v) is 1.41. The Kier molecular flexibility index (Phi) is 3.56. The molecule has 3 N–H and O–H groups in total. The van der Waals surface area contributed by atoms with Crippen molar-refractivity contribution in [3.63, 3.8) is 0 Å². The maximum absolute atomic E-state index is 11.7. The van der Waals surface area contributed by atoms with Crippen LogP contribution < -0.4 is 11.2 Å². The number of aromatic amines is 2. The van der Waals surface area contributed by atoms with Crippen LogP contribution >= 0.6 is 0 Å². The molecule has 2 aromatic rings. The molecule has 1 aromatic heterocycles. The molecule has 1 amide bonds. The number of nitrogens with one attached hydrogen (secondary N) is 2. The van der Waals surface area contributed by atoms with Gasteiger partial charge >= 0.3 is 5.69 Å². The van der Waals surface area contributed by atoms with Crippen molar-refractivity contribution in [1.29, 1.82) is 0 Å². The third-order valence-electron chi connectivity index (χ3n) is 2.44. The lowest BCUT2D eigenvalue weighted by Crippen LogP contribution is -2.21. The molecule has 0 aliphatic carbocycles. The zero-order chi connectivity index (χ0) is 14.7. The van der Waals surface area contributed by atoms with Gasteiger partial charge in [0.15, 0.2) is 0 Å². The van der Waals surface area contributed by atoms with Crippen molar-refractivity contribution in [2.45, 2.75) is 6.92 Å². The smallest absolute Gasteiger partial charge is 0.328 e. The second-order valence-corrected chi connectivity index (χ2v) is 3.98. The van der Waals surface area contributed by atoms with Crippen molar-refractivity contribution in [3.8, 4) is 5.88 Å². The Labute approximate surface area is 111 Å². The summed E-state index contributed by atoms with van der Waals surface area (Å²) in [5.41, 5.74) is -1.08. The average molecular weight is 274 g/mol. The molecule has 8 heteroatoms. The first-order chi connectivity index (χ1) is 9.47. The van der Waals surface area contributed by atoms with Gasteiger partial charge in [-0.25, -0.2) is 4.79 Å². The summed E-state index contributed by atoms with van der Waals surface area (Å²) in [6.45, 7) is 1.87. The quantitative estimate of drug-likeness (QED) is 0.705. The lowest BCUT2D eigenvalue weighted by molar-refractivity contribution is 0.0995. The van der Waals surface area contributed by atoms with Gasteiger partial charge in [-0.2, -0.15) is 0 Å². The Balaban J connectivity index is 2.30. The number of aromatic nitrogens is 2. The molecule has 0 aliphatic rings. The molecule has 8 nitrogen and oxygen atoms in total. The minimum Gasteiger partial charge on any atom is -0.493 e. The van der Waals surface area contributed by atoms with Crippen LogP contribution in [-0.2, 0) is 0 Å². The number of aromatic hydroxyl groups is 1. The highest BCUT2D eigenvalue weighted by atomic mass is 16.3. The monoisotopic (exact) mass is 274 g/mol. The lowest BCUT2D eigenvalue weighted by atomic mass is 10.1. The van der Waals surface area contributed by atoms with E-state index >= 15 is 0 Å². The lowest BCUT2D eigenvalue weighted by Gasteiger charge is -1.96. The first-order valence-corrected chi connectivity index (χ1v) is 5.55. The molecule has 0 unspecified atom stereocenters. The molecule has 20 heavy (non-hydrogen) atoms. The zero-order valence-corrected chi connectivity index (χ0v) is 10.4. The fourth-order valence-electron chi connectivity index (χ4n) is 1.41. The van der Waals surface area contributed by atoms with E-state index in [1.54, 1.807) is 24.3 Å². The highest BCUT2D eigenvalue weighted by Gasteiger charge is 2.09. The number of carbonyl (C=O) groups is 1. The van der Waals surface area contributed by atoms with E-state index < -0.39 is 28.7 Å². The third-order valence-corrected chi connectivity index (χ3v) is 2.44. The van der Waals surface area contributed by atoms with Crippen molar-refractivity contribution in [1.82, 2.24) is 9.97 Å². The standard InChI is InChI=1S/C12H10N4O4/c1-6-2-4-7(5-3-6)9(17)16-15-8-10(18)13-12(20)14-11(8)19/h2-5H,1H3,(H3,13,14,18,19,20). The van der Waals surface area contributed by atoms with E-state index in [1.807, 2.05) is 16.9 Å². The number of benzene rings is 1. The third kappa shape index (κ3) is 2.86. The van der Waals surface area contributed by atoms with Crippen molar-refractivity contribution in [3.05, 3.63) is 56.2 Å². The summed E-state index contributed by atoms with van der Waals surface area (Å²) in [4.78, 5) is 37.7. The van der Waals surface area contributed by atoms with E-state index in [4.69, 9.17) is 0 Å². The number of hydrogen-bond acceptors (Lipinski definition) is 5. The largest absolute Gasteiger partial charge is 0.493 e. The van der Waals surface area contributed by atoms with Gasteiger partial charge in [0.25, 0.3) is 11.5 Å². The normalized spacial score (nSPS) is 10.8. The fraction of sp³-hybridized carbons (Fsp3) is 0.0833. The van der Waals surface area contributed by atoms with E-state index in [0.29, 0.717) is 5.56 Å². The van der Waals surface area contributed by atoms with Gasteiger partial charge in [-0.05, 0) is 19.1 Å². The van der Waals surface area contributed by atoms with E-state index in [0.717, 1.165) is 5.56 Å². The summed E-state index contributed by atoms with van der Waals surface area (Å²) in [6.07, 6.45) is 0. The SMILES string of the molecule is Cc1ccc(C(=O)N=Nc2c(O)[nH]c(=O)[nH]c2=O)cc1.